The first-order chi connectivity index (χ1) is 13.7. The van der Waals surface area contributed by atoms with Gasteiger partial charge in [-0.05, 0) is 45.3 Å². The van der Waals surface area contributed by atoms with Crippen molar-refractivity contribution in [2.45, 2.75) is 5.92 Å². The molecule has 136 valence electrons. The molecule has 0 saturated carbocycles. The summed E-state index contributed by atoms with van der Waals surface area (Å²) in [7, 11) is 0. The first-order valence-corrected chi connectivity index (χ1v) is 10.0. The van der Waals surface area contributed by atoms with E-state index in [9.17, 15) is 4.79 Å². The highest BCUT2D eigenvalue weighted by Gasteiger charge is 2.32. The zero-order valence-corrected chi connectivity index (χ0v) is 16.6. The second-order valence-electron chi connectivity index (χ2n) is 6.98. The number of halogens is 1. The number of benzene rings is 4. The van der Waals surface area contributed by atoms with Crippen molar-refractivity contribution in [1.82, 2.24) is 5.43 Å². The number of hydrogen-bond donors (Lipinski definition) is 1. The molecule has 1 atom stereocenters. The summed E-state index contributed by atoms with van der Waals surface area (Å²) in [5.41, 5.74) is 5.45. The number of Topliss-reactive ketones (excluding diaryl/α,β-unsaturated/α-hetero) is 1. The zero-order valence-electron chi connectivity index (χ0n) is 15.0. The molecular formula is C24H17BrN2O. The minimum absolute atomic E-state index is 0.0340. The molecule has 0 fully saturated rings. The minimum Gasteiger partial charge on any atom is -0.309 e. The summed E-state index contributed by atoms with van der Waals surface area (Å²) in [6.07, 6.45) is 0. The molecule has 0 aliphatic carbocycles. The SMILES string of the molecule is O=C(C1=NNC[C@@H]1c1c2ccccc2cc2ccccc12)c1cccc(Br)c1. The van der Waals surface area contributed by atoms with Crippen molar-refractivity contribution in [2.75, 3.05) is 6.54 Å². The Kier molecular flexibility index (Phi) is 4.21. The van der Waals surface area contributed by atoms with Crippen LogP contribution in [0.2, 0.25) is 0 Å². The number of carbonyl (C=O) groups is 1. The number of fused-ring (bicyclic) bond motifs is 2. The lowest BCUT2D eigenvalue weighted by Crippen LogP contribution is -2.22. The topological polar surface area (TPSA) is 41.5 Å². The van der Waals surface area contributed by atoms with Crippen LogP contribution in [0.4, 0.5) is 0 Å². The van der Waals surface area contributed by atoms with Gasteiger partial charge < -0.3 is 5.43 Å². The molecule has 4 heteroatoms. The van der Waals surface area contributed by atoms with Crippen LogP contribution in [-0.4, -0.2) is 18.0 Å². The smallest absolute Gasteiger partial charge is 0.209 e. The molecule has 1 N–H and O–H groups in total. The van der Waals surface area contributed by atoms with Gasteiger partial charge >= 0.3 is 0 Å². The Labute approximate surface area is 171 Å². The fourth-order valence-corrected chi connectivity index (χ4v) is 4.45. The highest BCUT2D eigenvalue weighted by atomic mass is 79.9. The first-order valence-electron chi connectivity index (χ1n) is 9.23. The molecule has 0 unspecified atom stereocenters. The summed E-state index contributed by atoms with van der Waals surface area (Å²) in [6.45, 7) is 0.618. The van der Waals surface area contributed by atoms with Gasteiger partial charge in [0.15, 0.2) is 0 Å². The maximum Gasteiger partial charge on any atom is 0.209 e. The minimum atomic E-state index is -0.0949. The third-order valence-corrected chi connectivity index (χ3v) is 5.80. The summed E-state index contributed by atoms with van der Waals surface area (Å²) >= 11 is 3.46. The molecule has 0 saturated heterocycles. The number of nitrogens with zero attached hydrogens (tertiary/aromatic N) is 1. The lowest BCUT2D eigenvalue weighted by atomic mass is 9.84. The monoisotopic (exact) mass is 428 g/mol. The summed E-state index contributed by atoms with van der Waals surface area (Å²) in [4.78, 5) is 13.3. The van der Waals surface area contributed by atoms with E-state index < -0.39 is 0 Å². The molecular weight excluding hydrogens is 412 g/mol. The van der Waals surface area contributed by atoms with Crippen LogP contribution in [0.1, 0.15) is 21.8 Å². The average molecular weight is 429 g/mol. The van der Waals surface area contributed by atoms with E-state index in [4.69, 9.17) is 0 Å². The molecule has 0 bridgehead atoms. The van der Waals surface area contributed by atoms with Gasteiger partial charge in [0, 0.05) is 16.6 Å². The first kappa shape index (κ1) is 17.1. The van der Waals surface area contributed by atoms with Crippen molar-refractivity contribution in [2.24, 2.45) is 5.10 Å². The van der Waals surface area contributed by atoms with Crippen LogP contribution >= 0.6 is 15.9 Å². The highest BCUT2D eigenvalue weighted by Crippen LogP contribution is 2.36. The van der Waals surface area contributed by atoms with Crippen molar-refractivity contribution in [1.29, 1.82) is 0 Å². The highest BCUT2D eigenvalue weighted by molar-refractivity contribution is 9.10. The number of hydrazone groups is 1. The molecule has 0 aromatic heterocycles. The molecule has 0 amide bonds. The Morgan fingerprint density at radius 1 is 0.893 bits per heavy atom. The van der Waals surface area contributed by atoms with Crippen LogP contribution in [0.25, 0.3) is 21.5 Å². The largest absolute Gasteiger partial charge is 0.309 e. The molecule has 4 aromatic carbocycles. The van der Waals surface area contributed by atoms with E-state index >= 15 is 0 Å². The van der Waals surface area contributed by atoms with Crippen LogP contribution in [0.5, 0.6) is 0 Å². The van der Waals surface area contributed by atoms with Crippen LogP contribution < -0.4 is 5.43 Å². The molecule has 28 heavy (non-hydrogen) atoms. The lowest BCUT2D eigenvalue weighted by molar-refractivity contribution is 0.106. The normalized spacial score (nSPS) is 16.2. The van der Waals surface area contributed by atoms with E-state index in [1.54, 1.807) is 0 Å². The van der Waals surface area contributed by atoms with Gasteiger partial charge in [-0.1, -0.05) is 76.6 Å². The predicted molar refractivity (Wildman–Crippen MR) is 118 cm³/mol. The van der Waals surface area contributed by atoms with Gasteiger partial charge in [0.2, 0.25) is 5.78 Å². The molecule has 4 aromatic rings. The van der Waals surface area contributed by atoms with Crippen LogP contribution in [-0.2, 0) is 0 Å². The Morgan fingerprint density at radius 3 is 2.25 bits per heavy atom. The maximum absolute atomic E-state index is 13.3. The van der Waals surface area contributed by atoms with Crippen molar-refractivity contribution in [3.8, 4) is 0 Å². The van der Waals surface area contributed by atoms with E-state index in [-0.39, 0.29) is 11.7 Å². The average Bonchev–Trinajstić information content (AvgIpc) is 3.20. The van der Waals surface area contributed by atoms with Gasteiger partial charge in [0.05, 0.1) is 5.92 Å². The molecule has 0 radical (unpaired) electrons. The Bertz CT molecular complexity index is 1210. The predicted octanol–water partition coefficient (Wildman–Crippen LogP) is 5.68. The number of carbonyl (C=O) groups excluding carboxylic acids is 1. The number of nitrogens with one attached hydrogen (secondary N) is 1. The van der Waals surface area contributed by atoms with E-state index in [1.165, 1.54) is 27.1 Å². The Morgan fingerprint density at radius 2 is 1.57 bits per heavy atom. The fourth-order valence-electron chi connectivity index (χ4n) is 4.05. The fraction of sp³-hybridized carbons (Fsp3) is 0.0833. The van der Waals surface area contributed by atoms with Crippen molar-refractivity contribution >= 4 is 49.0 Å². The van der Waals surface area contributed by atoms with E-state index in [2.05, 4.69) is 81.1 Å². The summed E-state index contributed by atoms with van der Waals surface area (Å²) in [6, 6.07) is 26.4. The number of ketones is 1. The van der Waals surface area contributed by atoms with Crippen molar-refractivity contribution < 1.29 is 4.79 Å². The van der Waals surface area contributed by atoms with Crippen molar-refractivity contribution in [3.63, 3.8) is 0 Å². The lowest BCUT2D eigenvalue weighted by Gasteiger charge is -2.18. The Balaban J connectivity index is 1.71. The molecule has 1 aliphatic heterocycles. The molecule has 1 aliphatic rings. The van der Waals surface area contributed by atoms with Gasteiger partial charge in [0.1, 0.15) is 5.71 Å². The van der Waals surface area contributed by atoms with Gasteiger partial charge in [-0.25, -0.2) is 0 Å². The second kappa shape index (κ2) is 6.88. The standard InChI is InChI=1S/C24H17BrN2O/c25-18-9-5-8-17(13-18)24(28)23-21(14-26-27-23)22-19-10-3-1-6-15(19)12-16-7-2-4-11-20(16)22/h1-13,21,26H,14H2/t21-/m1/s1. The maximum atomic E-state index is 13.3. The van der Waals surface area contributed by atoms with E-state index in [1.807, 2.05) is 24.3 Å². The van der Waals surface area contributed by atoms with E-state index in [0.717, 1.165) is 4.47 Å². The van der Waals surface area contributed by atoms with Gasteiger partial charge in [0.25, 0.3) is 0 Å². The van der Waals surface area contributed by atoms with Crippen molar-refractivity contribution in [3.05, 3.63) is 94.5 Å². The molecule has 1 heterocycles. The third-order valence-electron chi connectivity index (χ3n) is 5.31. The van der Waals surface area contributed by atoms with Crippen LogP contribution in [0.15, 0.2) is 88.4 Å². The van der Waals surface area contributed by atoms with Gasteiger partial charge in [-0.2, -0.15) is 5.10 Å². The Hall–Kier alpha value is -2.98. The van der Waals surface area contributed by atoms with E-state index in [0.29, 0.717) is 17.8 Å². The van der Waals surface area contributed by atoms with Gasteiger partial charge in [-0.15, -0.1) is 0 Å². The van der Waals surface area contributed by atoms with Gasteiger partial charge in [-0.3, -0.25) is 4.79 Å². The van der Waals surface area contributed by atoms with Crippen LogP contribution in [0, 0.1) is 0 Å². The van der Waals surface area contributed by atoms with Crippen LogP contribution in [0.3, 0.4) is 0 Å². The summed E-state index contributed by atoms with van der Waals surface area (Å²) in [5, 5.41) is 9.11. The molecule has 5 rings (SSSR count). The molecule has 3 nitrogen and oxygen atoms in total. The number of rotatable bonds is 3. The molecule has 0 spiro atoms. The third kappa shape index (κ3) is 2.81. The zero-order chi connectivity index (χ0) is 19.1. The summed E-state index contributed by atoms with van der Waals surface area (Å²) in [5.74, 6) is -0.129. The number of hydrogen-bond acceptors (Lipinski definition) is 3. The summed E-state index contributed by atoms with van der Waals surface area (Å²) < 4.78 is 0.886. The second-order valence-corrected chi connectivity index (χ2v) is 7.90. The quantitative estimate of drug-likeness (QED) is 0.336.